The highest BCUT2D eigenvalue weighted by atomic mass is 35.5. The molecule has 1 aromatic rings. The molecule has 1 N–H and O–H groups in total. The molecule has 98 valence electrons. The minimum atomic E-state index is -0.362. The second-order valence-electron chi connectivity index (χ2n) is 4.64. The lowest BCUT2D eigenvalue weighted by molar-refractivity contribution is 0.0727. The van der Waals surface area contributed by atoms with Crippen LogP contribution in [0.5, 0.6) is 0 Å². The van der Waals surface area contributed by atoms with Crippen molar-refractivity contribution in [3.8, 4) is 0 Å². The number of nitrogens with zero attached hydrogens (tertiary/aromatic N) is 1. The van der Waals surface area contributed by atoms with E-state index in [0.717, 1.165) is 6.42 Å². The van der Waals surface area contributed by atoms with Crippen LogP contribution >= 0.6 is 23.2 Å². The number of hydrogen-bond donors (Lipinski definition) is 1. The fourth-order valence-electron chi connectivity index (χ4n) is 1.93. The Labute approximate surface area is 116 Å². The third kappa shape index (κ3) is 2.76. The van der Waals surface area contributed by atoms with Crippen molar-refractivity contribution in [2.24, 2.45) is 0 Å². The molecule has 6 heteroatoms. The minimum Gasteiger partial charge on any atom is -0.376 e. The zero-order chi connectivity index (χ0) is 13.3. The average molecular weight is 289 g/mol. The molecule has 0 spiro atoms. The summed E-state index contributed by atoms with van der Waals surface area (Å²) in [5, 5.41) is 3.37. The summed E-state index contributed by atoms with van der Waals surface area (Å²) in [7, 11) is 0. The molecule has 0 aromatic carbocycles. The summed E-state index contributed by atoms with van der Waals surface area (Å²) in [5.74, 6) is -0.221. The second kappa shape index (κ2) is 5.03. The molecule has 1 saturated heterocycles. The van der Waals surface area contributed by atoms with Gasteiger partial charge in [0.2, 0.25) is 0 Å². The molecule has 0 bridgehead atoms. The summed E-state index contributed by atoms with van der Waals surface area (Å²) in [4.78, 5) is 16.0. The summed E-state index contributed by atoms with van der Waals surface area (Å²) in [6, 6.07) is 2.99. The Morgan fingerprint density at radius 2 is 2.11 bits per heavy atom. The van der Waals surface area contributed by atoms with E-state index in [0.29, 0.717) is 12.2 Å². The van der Waals surface area contributed by atoms with Crippen LogP contribution in [0.3, 0.4) is 0 Å². The first-order chi connectivity index (χ1) is 8.40. The Morgan fingerprint density at radius 1 is 1.50 bits per heavy atom. The Bertz CT molecular complexity index is 461. The van der Waals surface area contributed by atoms with E-state index in [2.05, 4.69) is 10.3 Å². The van der Waals surface area contributed by atoms with Gasteiger partial charge in [-0.2, -0.15) is 0 Å². The first-order valence-corrected chi connectivity index (χ1v) is 6.43. The van der Waals surface area contributed by atoms with Crippen molar-refractivity contribution in [3.05, 3.63) is 28.0 Å². The molecule has 0 saturated carbocycles. The van der Waals surface area contributed by atoms with Crippen molar-refractivity contribution in [1.29, 1.82) is 0 Å². The van der Waals surface area contributed by atoms with Crippen LogP contribution in [0.2, 0.25) is 10.3 Å². The van der Waals surface area contributed by atoms with Gasteiger partial charge < -0.3 is 10.1 Å². The normalized spacial score (nSPS) is 27.2. The topological polar surface area (TPSA) is 51.2 Å². The Morgan fingerprint density at radius 3 is 2.61 bits per heavy atom. The van der Waals surface area contributed by atoms with E-state index in [1.165, 1.54) is 12.1 Å². The third-order valence-corrected chi connectivity index (χ3v) is 3.70. The molecule has 2 atom stereocenters. The van der Waals surface area contributed by atoms with Crippen LogP contribution in [0, 0.1) is 0 Å². The van der Waals surface area contributed by atoms with Crippen LogP contribution in [0.4, 0.5) is 0 Å². The predicted octanol–water partition coefficient (Wildman–Crippen LogP) is 2.69. The molecule has 2 heterocycles. The molecule has 1 amide bonds. The van der Waals surface area contributed by atoms with Crippen LogP contribution < -0.4 is 5.32 Å². The maximum Gasteiger partial charge on any atom is 0.252 e. The van der Waals surface area contributed by atoms with Gasteiger partial charge in [-0.15, -0.1) is 0 Å². The third-order valence-electron chi connectivity index (χ3n) is 3.31. The van der Waals surface area contributed by atoms with E-state index in [9.17, 15) is 4.79 Å². The SMILES string of the molecule is CC1OCCC1(C)NC(=O)c1cc(Cl)nc(Cl)c1. The van der Waals surface area contributed by atoms with Crippen molar-refractivity contribution in [1.82, 2.24) is 10.3 Å². The van der Waals surface area contributed by atoms with Gasteiger partial charge >= 0.3 is 0 Å². The highest BCUT2D eigenvalue weighted by molar-refractivity contribution is 6.33. The zero-order valence-corrected chi connectivity index (χ0v) is 11.7. The molecular formula is C12H14Cl2N2O2. The molecular weight excluding hydrogens is 275 g/mol. The molecule has 1 aliphatic rings. The summed E-state index contributed by atoms with van der Waals surface area (Å²) < 4.78 is 5.47. The van der Waals surface area contributed by atoms with Crippen molar-refractivity contribution in [2.45, 2.75) is 31.9 Å². The molecule has 1 aromatic heterocycles. The van der Waals surface area contributed by atoms with Gasteiger partial charge in [0.25, 0.3) is 5.91 Å². The first-order valence-electron chi connectivity index (χ1n) is 5.68. The van der Waals surface area contributed by atoms with Gasteiger partial charge in [0, 0.05) is 12.2 Å². The van der Waals surface area contributed by atoms with Crippen LogP contribution in [-0.4, -0.2) is 29.1 Å². The standard InChI is InChI=1S/C12H14Cl2N2O2/c1-7-12(2,3-4-18-7)16-11(17)8-5-9(13)15-10(14)6-8/h5-7H,3-4H2,1-2H3,(H,16,17). The quantitative estimate of drug-likeness (QED) is 0.852. The molecule has 1 aliphatic heterocycles. The van der Waals surface area contributed by atoms with Gasteiger partial charge in [0.05, 0.1) is 11.6 Å². The van der Waals surface area contributed by atoms with Crippen LogP contribution in [0.15, 0.2) is 12.1 Å². The van der Waals surface area contributed by atoms with Gasteiger partial charge in [-0.05, 0) is 32.4 Å². The highest BCUT2D eigenvalue weighted by Crippen LogP contribution is 2.26. The highest BCUT2D eigenvalue weighted by Gasteiger charge is 2.38. The number of rotatable bonds is 2. The van der Waals surface area contributed by atoms with Crippen LogP contribution in [0.1, 0.15) is 30.6 Å². The molecule has 2 unspecified atom stereocenters. The lowest BCUT2D eigenvalue weighted by atomic mass is 9.94. The van der Waals surface area contributed by atoms with E-state index in [1.54, 1.807) is 0 Å². The molecule has 1 fully saturated rings. The van der Waals surface area contributed by atoms with Gasteiger partial charge in [0.15, 0.2) is 0 Å². The first kappa shape index (κ1) is 13.6. The molecule has 18 heavy (non-hydrogen) atoms. The summed E-state index contributed by atoms with van der Waals surface area (Å²) in [5.41, 5.74) is 0.0413. The van der Waals surface area contributed by atoms with E-state index in [1.807, 2.05) is 13.8 Å². The molecule has 4 nitrogen and oxygen atoms in total. The van der Waals surface area contributed by atoms with Crippen LogP contribution in [0.25, 0.3) is 0 Å². The van der Waals surface area contributed by atoms with Gasteiger partial charge in [-0.3, -0.25) is 4.79 Å². The Hall–Kier alpha value is -0.840. The largest absolute Gasteiger partial charge is 0.376 e. The second-order valence-corrected chi connectivity index (χ2v) is 5.41. The van der Waals surface area contributed by atoms with Gasteiger partial charge in [-0.25, -0.2) is 4.98 Å². The van der Waals surface area contributed by atoms with Crippen molar-refractivity contribution in [2.75, 3.05) is 6.61 Å². The maximum atomic E-state index is 12.1. The van der Waals surface area contributed by atoms with Crippen molar-refractivity contribution in [3.63, 3.8) is 0 Å². The van der Waals surface area contributed by atoms with E-state index in [-0.39, 0.29) is 27.9 Å². The monoisotopic (exact) mass is 288 g/mol. The van der Waals surface area contributed by atoms with E-state index >= 15 is 0 Å². The van der Waals surface area contributed by atoms with Gasteiger partial charge in [-0.1, -0.05) is 23.2 Å². The minimum absolute atomic E-state index is 0.0192. The lowest BCUT2D eigenvalue weighted by Gasteiger charge is -2.28. The molecule has 2 rings (SSSR count). The van der Waals surface area contributed by atoms with Crippen LogP contribution in [-0.2, 0) is 4.74 Å². The number of pyridine rings is 1. The fourth-order valence-corrected chi connectivity index (χ4v) is 2.39. The zero-order valence-electron chi connectivity index (χ0n) is 10.2. The smallest absolute Gasteiger partial charge is 0.252 e. The lowest BCUT2D eigenvalue weighted by Crippen LogP contribution is -2.50. The predicted molar refractivity (Wildman–Crippen MR) is 70.2 cm³/mol. The average Bonchev–Trinajstić information content (AvgIpc) is 2.57. The number of aromatic nitrogens is 1. The number of ether oxygens (including phenoxy) is 1. The summed E-state index contributed by atoms with van der Waals surface area (Å²) >= 11 is 11.5. The Balaban J connectivity index is 2.17. The summed E-state index contributed by atoms with van der Waals surface area (Å²) in [6.07, 6.45) is 0.765. The number of hydrogen-bond acceptors (Lipinski definition) is 3. The number of nitrogens with one attached hydrogen (secondary N) is 1. The molecule has 0 aliphatic carbocycles. The Kier molecular flexibility index (Phi) is 3.80. The number of amides is 1. The van der Waals surface area contributed by atoms with Crippen molar-refractivity contribution >= 4 is 29.1 Å². The fraction of sp³-hybridized carbons (Fsp3) is 0.500. The number of halogens is 2. The van der Waals surface area contributed by atoms with E-state index < -0.39 is 0 Å². The number of carbonyl (C=O) groups is 1. The van der Waals surface area contributed by atoms with Crippen molar-refractivity contribution < 1.29 is 9.53 Å². The maximum absolute atomic E-state index is 12.1. The summed E-state index contributed by atoms with van der Waals surface area (Å²) in [6.45, 7) is 4.56. The molecule has 0 radical (unpaired) electrons. The number of carbonyl (C=O) groups excluding carboxylic acids is 1. The van der Waals surface area contributed by atoms with E-state index in [4.69, 9.17) is 27.9 Å². The van der Waals surface area contributed by atoms with Gasteiger partial charge in [0.1, 0.15) is 10.3 Å².